The van der Waals surface area contributed by atoms with E-state index in [1.165, 1.54) is 19.6 Å². The standard InChI is InChI=1S/C12H124O48Si49/c1-43-94(12,61)56-109(105(87-38,52-70-21)91(6,7)41,106(88-39,53-71-22)92(8,9)42)108(59-97(76-27,77-28)46-64-15,104(86-37,51-69-20)89(2)40)99(55-93(10,11)54-90(3,4)5,107(102(82-33,83-34)49-67-18,103(84-35,85-36)50-68-19)58-96(74-25,75-26)45-63-14)60-98(100(78-29,79-30)47-65-16,101(80-31,81-32)48-66-17)57-95(72-23,73-24)44-62-13/h13-42,89H,62-88H2,1-12,61H3. The maximum Gasteiger partial charge on any atom is 0.338 e. The average molecular weight is 2410 g/mol. The molecule has 0 aliphatic carbocycles. The molecule has 0 aromatic carbocycles. The van der Waals surface area contributed by atoms with Gasteiger partial charge in [-0.2, -0.15) is 0 Å². The molecule has 48 nitrogen and oxygen atoms in total. The van der Waals surface area contributed by atoms with Gasteiger partial charge in [-0.3, -0.25) is 0 Å². The largest absolute Gasteiger partial charge is 0.441 e. The zero-order chi connectivity index (χ0) is 85.4. The number of hydrogen-bond donors (Lipinski definition) is 30. The van der Waals surface area contributed by atoms with E-state index in [1.54, 1.807) is 19.6 Å². The summed E-state index contributed by atoms with van der Waals surface area (Å²) >= 11 is 0. The van der Waals surface area contributed by atoms with Crippen LogP contribution in [-0.2, 0) is 74.4 Å². The van der Waals surface area contributed by atoms with Crippen LogP contribution in [-0.4, -0.2) is 574 Å². The van der Waals surface area contributed by atoms with Gasteiger partial charge in [0.05, 0.1) is 9.76 Å². The zero-order valence-corrected chi connectivity index (χ0v) is 125. The zero-order valence-electron chi connectivity index (χ0n) is 63.4. The molecule has 0 saturated carbocycles. The van der Waals surface area contributed by atoms with E-state index in [0.717, 1.165) is 39.8 Å². The molecule has 0 aromatic heterocycles. The molecular weight excluding hydrogens is 2290 g/mol. The van der Waals surface area contributed by atoms with Crippen LogP contribution in [0, 0.1) is 0 Å². The molecule has 0 fully saturated rings. The van der Waals surface area contributed by atoms with Crippen molar-refractivity contribution in [2.45, 2.75) is 72.0 Å². The second-order valence-electron chi connectivity index (χ2n) is 27.6. The Labute approximate surface area is 712 Å². The second-order valence-corrected chi connectivity index (χ2v) is 308. The van der Waals surface area contributed by atoms with Gasteiger partial charge in [0, 0.05) is 7.11 Å². The van der Waals surface area contributed by atoms with Crippen LogP contribution >= 0.6 is 0 Å². The lowest BCUT2D eigenvalue weighted by molar-refractivity contribution is 0.291. The first-order chi connectivity index (χ1) is 50.6. The van der Waals surface area contributed by atoms with Crippen LogP contribution in [0.4, 0.5) is 0 Å². The average Bonchev–Trinajstić information content (AvgIpc) is 0.620. The van der Waals surface area contributed by atoms with E-state index in [-0.39, 0.29) is 0 Å². The van der Waals surface area contributed by atoms with Crippen molar-refractivity contribution in [3.8, 4) is 0 Å². The Bertz CT molecular complexity index is 2470. The lowest BCUT2D eigenvalue weighted by Gasteiger charge is -2.75. The highest BCUT2D eigenvalue weighted by Gasteiger charge is 3.06. The van der Waals surface area contributed by atoms with Crippen molar-refractivity contribution >= 4 is 423 Å². The molecule has 0 aliphatic heterocycles. The van der Waals surface area contributed by atoms with E-state index in [9.17, 15) is 144 Å². The van der Waals surface area contributed by atoms with Gasteiger partial charge < -0.3 is 218 Å². The minimum atomic E-state index is -8.47. The third kappa shape index (κ3) is 22.9. The molecule has 7 unspecified atom stereocenters. The minimum Gasteiger partial charge on any atom is -0.441 e. The lowest BCUT2D eigenvalue weighted by Crippen LogP contribution is -3.19. The van der Waals surface area contributed by atoms with Crippen LogP contribution in [0.3, 0.4) is 0 Å². The summed E-state index contributed by atoms with van der Waals surface area (Å²) in [5.41, 5.74) is 0. The third-order valence-corrected chi connectivity index (χ3v) is 547. The van der Waals surface area contributed by atoms with Gasteiger partial charge in [0.1, 0.15) is 0 Å². The maximum absolute atomic E-state index is 14.8. The van der Waals surface area contributed by atoms with E-state index in [1.807, 2.05) is 0 Å². The molecule has 0 amide bonds. The van der Waals surface area contributed by atoms with Gasteiger partial charge in [-0.05, 0) is 72.0 Å². The molecule has 0 heterocycles. The highest BCUT2D eigenvalue weighted by atomic mass is 30.5. The maximum atomic E-state index is 14.8. The van der Waals surface area contributed by atoms with Gasteiger partial charge >= 0.3 is 46.5 Å². The van der Waals surface area contributed by atoms with Crippen LogP contribution in [0.2, 0.25) is 72.0 Å². The molecular formula is C12H124O48Si49. The minimum absolute atomic E-state index is 0.553. The van der Waals surface area contributed by atoms with E-state index in [2.05, 4.69) is 0 Å². The summed E-state index contributed by atoms with van der Waals surface area (Å²) < 4.78 is 134. The summed E-state index contributed by atoms with van der Waals surface area (Å²) in [4.78, 5) is 394. The number of hydrogen-bond acceptors (Lipinski definition) is 48. The Kier molecular flexibility index (Phi) is 54.0. The lowest BCUT2D eigenvalue weighted by atomic mass is 11.8. The molecule has 0 bridgehead atoms. The van der Waals surface area contributed by atoms with Crippen LogP contribution in [0.1, 0.15) is 0 Å². The Morgan fingerprint density at radius 2 is 0.560 bits per heavy atom. The fourth-order valence-corrected chi connectivity index (χ4v) is 986. The Morgan fingerprint density at radius 1 is 0.275 bits per heavy atom. The van der Waals surface area contributed by atoms with Gasteiger partial charge in [0.25, 0.3) is 136 Å². The van der Waals surface area contributed by atoms with Crippen molar-refractivity contribution in [2.75, 3.05) is 7.11 Å². The first-order valence-electron chi connectivity index (χ1n) is 33.0. The van der Waals surface area contributed by atoms with E-state index in [0.29, 0.717) is 0 Å². The first-order valence-corrected chi connectivity index (χ1v) is 157. The van der Waals surface area contributed by atoms with Crippen LogP contribution in [0.15, 0.2) is 0 Å². The molecule has 0 radical (unpaired) electrons. The van der Waals surface area contributed by atoms with Crippen molar-refractivity contribution in [3.63, 3.8) is 0 Å². The number of rotatable bonds is 65. The van der Waals surface area contributed by atoms with Gasteiger partial charge in [-0.1, -0.05) is 0 Å². The van der Waals surface area contributed by atoms with Crippen molar-refractivity contribution in [1.29, 1.82) is 0 Å². The summed E-state index contributed by atoms with van der Waals surface area (Å²) in [5.74, 6) is 0. The van der Waals surface area contributed by atoms with Crippen molar-refractivity contribution in [3.05, 3.63) is 0 Å². The predicted molar refractivity (Wildman–Crippen MR) is 519 cm³/mol. The molecule has 0 spiro atoms. The first kappa shape index (κ1) is 118. The SMILES string of the molecule is CO[Si](C)([SiH3])O[Si]([Si](O[SiH2]O)([SiH2]O)[Si](C)(C)O)([Si](O[SiH2]O)([SiH2]O)[Si](C)(C)O)[Si](O[Si](O[SiH2]O)([SiH2]O)[SiH2]O)([Si](O[SiH2]O)([SiH2]O)[SiH](C)O)[Si](O[Si](C)(C)O[Si](C)(C)C)(O[Si](O[Si](O[SiH2]O)([SiH2]O)[SiH2]O)([Si](O[SiH2]O)([SiH2]O)[SiH2]O)[Si](O[SiH2]O)([SiH2]O)[SiH2]O)[Si](O[Si](O[SiH2]O)([SiH2]O)[SiH2]O)([Si](O[SiH2]O)([SiH2]O)[SiH2]O)[Si](O[SiH2]O)([SiH2]O)[SiH2]O. The van der Waals surface area contributed by atoms with Gasteiger partial charge in [-0.25, -0.2) is 0 Å². The Morgan fingerprint density at radius 3 is 0.789 bits per heavy atom. The monoisotopic (exact) mass is 2410 g/mol. The summed E-state index contributed by atoms with van der Waals surface area (Å²) in [5, 5.41) is 0. The fourth-order valence-electron chi connectivity index (χ4n) is 14.0. The van der Waals surface area contributed by atoms with Crippen LogP contribution < -0.4 is 0 Å². The van der Waals surface area contributed by atoms with Gasteiger partial charge in [0.2, 0.25) is 96.9 Å². The molecule has 0 aromatic rings. The molecule has 0 aliphatic rings. The second kappa shape index (κ2) is 50.0. The summed E-state index contributed by atoms with van der Waals surface area (Å²) in [7, 11) is -165. The predicted octanol–water partition coefficient (Wildman–Crippen LogP) is -45.5. The smallest absolute Gasteiger partial charge is 0.338 e. The van der Waals surface area contributed by atoms with Crippen LogP contribution in [0.25, 0.3) is 0 Å². The molecule has 7 atom stereocenters. The van der Waals surface area contributed by atoms with E-state index < -0.39 is 423 Å². The summed E-state index contributed by atoms with van der Waals surface area (Å²) in [6.45, 7) is -54.7. The molecule has 97 heteroatoms. The topological polar surface area (TPSA) is 773 Å². The molecule has 656 valence electrons. The highest BCUT2D eigenvalue weighted by molar-refractivity contribution is 8.31. The van der Waals surface area contributed by atoms with Crippen molar-refractivity contribution < 1.29 is 218 Å². The van der Waals surface area contributed by atoms with E-state index in [4.69, 9.17) is 74.4 Å². The highest BCUT2D eigenvalue weighted by Crippen LogP contribution is 2.60. The Hall–Kier alpha value is 8.71. The van der Waals surface area contributed by atoms with Crippen molar-refractivity contribution in [1.82, 2.24) is 0 Å². The van der Waals surface area contributed by atoms with Gasteiger partial charge in [-0.15, -0.1) is 0 Å². The summed E-state index contributed by atoms with van der Waals surface area (Å²) in [6, 6.07) is 0. The normalized spacial score (nSPS) is 25.5. The molecule has 109 heavy (non-hydrogen) atoms. The fraction of sp³-hybridized carbons (Fsp3) is 1.00. The van der Waals surface area contributed by atoms with E-state index >= 15 is 0 Å². The van der Waals surface area contributed by atoms with Crippen molar-refractivity contribution in [2.24, 2.45) is 0 Å². The molecule has 0 rings (SSSR count). The third-order valence-electron chi connectivity index (χ3n) is 18.9. The quantitative estimate of drug-likeness (QED) is 0.0251. The van der Waals surface area contributed by atoms with Gasteiger partial charge in [0.15, 0.2) is 135 Å². The molecule has 30 N–H and O–H groups in total. The Balaban J connectivity index is 16.8. The molecule has 0 saturated heterocycles. The summed E-state index contributed by atoms with van der Waals surface area (Å²) in [6.07, 6.45) is 0. The van der Waals surface area contributed by atoms with Crippen LogP contribution in [0.5, 0.6) is 0 Å².